The molecular weight excluding hydrogens is 404 g/mol. The molecule has 0 radical (unpaired) electrons. The summed E-state index contributed by atoms with van der Waals surface area (Å²) in [6.45, 7) is 7.90. The molecule has 3 rings (SSSR count). The monoisotopic (exact) mass is 430 g/mol. The van der Waals surface area contributed by atoms with E-state index < -0.39 is 5.41 Å². The number of halogens is 1. The summed E-state index contributed by atoms with van der Waals surface area (Å²) in [4.78, 5) is 27.2. The largest absolute Gasteiger partial charge is 0.326 e. The zero-order valence-corrected chi connectivity index (χ0v) is 18.8. The molecule has 1 heterocycles. The highest BCUT2D eigenvalue weighted by molar-refractivity contribution is 8.00. The molecule has 2 aromatic carbocycles. The van der Waals surface area contributed by atoms with Crippen molar-refractivity contribution in [2.24, 2.45) is 5.41 Å². The Morgan fingerprint density at radius 2 is 1.97 bits per heavy atom. The molecule has 1 aliphatic heterocycles. The van der Waals surface area contributed by atoms with Crippen molar-refractivity contribution < 1.29 is 9.59 Å². The van der Waals surface area contributed by atoms with E-state index >= 15 is 0 Å². The van der Waals surface area contributed by atoms with Gasteiger partial charge in [0.25, 0.3) is 0 Å². The molecule has 1 atom stereocenters. The fourth-order valence-electron chi connectivity index (χ4n) is 3.26. The van der Waals surface area contributed by atoms with E-state index in [1.807, 2.05) is 61.2 Å². The fourth-order valence-corrected chi connectivity index (χ4v) is 4.54. The van der Waals surface area contributed by atoms with Crippen LogP contribution in [-0.2, 0) is 9.59 Å². The first kappa shape index (κ1) is 21.7. The molecule has 1 fully saturated rings. The van der Waals surface area contributed by atoms with Crippen molar-refractivity contribution in [3.05, 3.63) is 59.7 Å². The molecule has 0 aliphatic carbocycles. The van der Waals surface area contributed by atoms with Gasteiger partial charge >= 0.3 is 0 Å². The maximum Gasteiger partial charge on any atom is 0.238 e. The third kappa shape index (κ3) is 4.62. The van der Waals surface area contributed by atoms with Gasteiger partial charge in [0.1, 0.15) is 5.37 Å². The number of hydrogen-bond acceptors (Lipinski definition) is 3. The van der Waals surface area contributed by atoms with E-state index in [0.717, 1.165) is 16.8 Å². The Morgan fingerprint density at radius 1 is 1.24 bits per heavy atom. The van der Waals surface area contributed by atoms with E-state index in [2.05, 4.69) is 25.2 Å². The van der Waals surface area contributed by atoms with Gasteiger partial charge in [-0.15, -0.1) is 23.4 Å². The number of carbonyl (C=O) groups is 2. The number of rotatable bonds is 6. The molecule has 4 nitrogen and oxygen atoms in total. The Kier molecular flexibility index (Phi) is 6.59. The summed E-state index contributed by atoms with van der Waals surface area (Å²) in [7, 11) is 0. The van der Waals surface area contributed by atoms with Crippen LogP contribution in [0.4, 0.5) is 11.4 Å². The predicted molar refractivity (Wildman–Crippen MR) is 123 cm³/mol. The van der Waals surface area contributed by atoms with Crippen molar-refractivity contribution in [2.45, 2.75) is 39.0 Å². The predicted octanol–water partition coefficient (Wildman–Crippen LogP) is 5.79. The summed E-state index contributed by atoms with van der Waals surface area (Å²) in [5.41, 5.74) is 3.16. The highest BCUT2D eigenvalue weighted by Gasteiger charge is 2.35. The maximum absolute atomic E-state index is 12.8. The lowest BCUT2D eigenvalue weighted by Gasteiger charge is -2.28. The van der Waals surface area contributed by atoms with Gasteiger partial charge in [0.15, 0.2) is 0 Å². The Bertz CT molecular complexity index is 913. The number of thioether (sulfide) groups is 1. The minimum absolute atomic E-state index is 0.103. The van der Waals surface area contributed by atoms with Crippen molar-refractivity contribution >= 4 is 46.6 Å². The van der Waals surface area contributed by atoms with Gasteiger partial charge in [-0.05, 0) is 49.1 Å². The number of hydrogen-bond donors (Lipinski definition) is 1. The molecule has 1 N–H and O–H groups in total. The van der Waals surface area contributed by atoms with Crippen molar-refractivity contribution in [3.63, 3.8) is 0 Å². The van der Waals surface area contributed by atoms with Crippen LogP contribution in [0.3, 0.4) is 0 Å². The second-order valence-electron chi connectivity index (χ2n) is 8.24. The summed E-state index contributed by atoms with van der Waals surface area (Å²) in [5, 5.41) is 2.83. The number of nitrogens with one attached hydrogen (secondary N) is 1. The number of nitrogens with zero attached hydrogens (tertiary/aromatic N) is 1. The van der Waals surface area contributed by atoms with E-state index in [-0.39, 0.29) is 23.1 Å². The third-order valence-electron chi connectivity index (χ3n) is 5.06. The van der Waals surface area contributed by atoms with Gasteiger partial charge < -0.3 is 5.32 Å². The topological polar surface area (TPSA) is 49.4 Å². The lowest BCUT2D eigenvalue weighted by molar-refractivity contribution is -0.123. The zero-order valence-electron chi connectivity index (χ0n) is 17.2. The number of amides is 2. The molecule has 1 aliphatic rings. The van der Waals surface area contributed by atoms with Crippen molar-refractivity contribution in [3.8, 4) is 0 Å². The minimum atomic E-state index is -0.655. The standard InChI is InChI=1S/C23H27ClN2O2S/c1-15(2)18-10-5-6-11-19(18)26-20(27)13-29-21(26)16-8-7-9-17(12-16)25-22(28)23(3,4)14-24/h5-12,15,21H,13-14H2,1-4H3,(H,25,28). The van der Waals surface area contributed by atoms with Crippen molar-refractivity contribution in [1.82, 2.24) is 0 Å². The second-order valence-corrected chi connectivity index (χ2v) is 9.57. The van der Waals surface area contributed by atoms with Gasteiger partial charge in [-0.3, -0.25) is 14.5 Å². The van der Waals surface area contributed by atoms with Crippen LogP contribution in [0.5, 0.6) is 0 Å². The van der Waals surface area contributed by atoms with Crippen LogP contribution in [0.25, 0.3) is 0 Å². The molecule has 1 saturated heterocycles. The highest BCUT2D eigenvalue weighted by atomic mass is 35.5. The van der Waals surface area contributed by atoms with Crippen LogP contribution in [-0.4, -0.2) is 23.4 Å². The Morgan fingerprint density at radius 3 is 2.66 bits per heavy atom. The van der Waals surface area contributed by atoms with Crippen LogP contribution in [0.15, 0.2) is 48.5 Å². The Balaban J connectivity index is 1.92. The molecule has 2 amide bonds. The minimum Gasteiger partial charge on any atom is -0.326 e. The molecule has 0 aromatic heterocycles. The first-order valence-electron chi connectivity index (χ1n) is 9.74. The van der Waals surface area contributed by atoms with Gasteiger partial charge in [-0.2, -0.15) is 0 Å². The Labute approximate surface area is 182 Å². The third-order valence-corrected chi connectivity index (χ3v) is 6.95. The first-order valence-corrected chi connectivity index (χ1v) is 11.3. The van der Waals surface area contributed by atoms with Gasteiger partial charge in [-0.25, -0.2) is 0 Å². The molecule has 154 valence electrons. The number of para-hydroxylation sites is 1. The van der Waals surface area contributed by atoms with E-state index in [0.29, 0.717) is 17.4 Å². The zero-order chi connectivity index (χ0) is 21.2. The lowest BCUT2D eigenvalue weighted by Crippen LogP contribution is -2.32. The molecule has 0 saturated carbocycles. The molecule has 1 unspecified atom stereocenters. The van der Waals surface area contributed by atoms with Crippen LogP contribution in [0.2, 0.25) is 0 Å². The average Bonchev–Trinajstić information content (AvgIpc) is 3.09. The SMILES string of the molecule is CC(C)c1ccccc1N1C(=O)CSC1c1cccc(NC(=O)C(C)(C)CCl)c1. The number of anilines is 2. The van der Waals surface area contributed by atoms with Crippen LogP contribution in [0.1, 0.15) is 50.1 Å². The summed E-state index contributed by atoms with van der Waals surface area (Å²) in [6, 6.07) is 15.8. The number of alkyl halides is 1. The van der Waals surface area contributed by atoms with Gasteiger partial charge in [0.2, 0.25) is 11.8 Å². The Hall–Kier alpha value is -1.98. The molecular formula is C23H27ClN2O2S. The van der Waals surface area contributed by atoms with Crippen molar-refractivity contribution in [1.29, 1.82) is 0 Å². The quantitative estimate of drug-likeness (QED) is 0.590. The number of carbonyl (C=O) groups excluding carboxylic acids is 2. The van der Waals surface area contributed by atoms with Crippen LogP contribution < -0.4 is 10.2 Å². The number of benzene rings is 2. The van der Waals surface area contributed by atoms with Gasteiger partial charge in [0.05, 0.1) is 11.2 Å². The molecule has 2 aromatic rings. The van der Waals surface area contributed by atoms with Gasteiger partial charge in [0, 0.05) is 17.3 Å². The summed E-state index contributed by atoms with van der Waals surface area (Å²) >= 11 is 7.53. The molecule has 6 heteroatoms. The fraction of sp³-hybridized carbons (Fsp3) is 0.391. The lowest BCUT2D eigenvalue weighted by atomic mass is 9.95. The van der Waals surface area contributed by atoms with Crippen LogP contribution >= 0.6 is 23.4 Å². The van der Waals surface area contributed by atoms with E-state index in [4.69, 9.17) is 11.6 Å². The molecule has 0 spiro atoms. The first-order chi connectivity index (χ1) is 13.7. The summed E-state index contributed by atoms with van der Waals surface area (Å²) < 4.78 is 0. The van der Waals surface area contributed by atoms with E-state index in [1.165, 1.54) is 0 Å². The van der Waals surface area contributed by atoms with Gasteiger partial charge in [-0.1, -0.05) is 44.2 Å². The van der Waals surface area contributed by atoms with Crippen molar-refractivity contribution in [2.75, 3.05) is 21.8 Å². The average molecular weight is 431 g/mol. The summed E-state index contributed by atoms with van der Waals surface area (Å²) in [6.07, 6.45) is 0. The molecule has 29 heavy (non-hydrogen) atoms. The maximum atomic E-state index is 12.8. The highest BCUT2D eigenvalue weighted by Crippen LogP contribution is 2.44. The smallest absolute Gasteiger partial charge is 0.238 e. The van der Waals surface area contributed by atoms with E-state index in [9.17, 15) is 9.59 Å². The second kappa shape index (κ2) is 8.80. The normalized spacial score (nSPS) is 17.1. The summed E-state index contributed by atoms with van der Waals surface area (Å²) in [5.74, 6) is 0.972. The van der Waals surface area contributed by atoms with Crippen LogP contribution in [0, 0.1) is 5.41 Å². The van der Waals surface area contributed by atoms with E-state index in [1.54, 1.807) is 11.8 Å². The molecule has 0 bridgehead atoms.